The van der Waals surface area contributed by atoms with Crippen molar-refractivity contribution in [1.29, 1.82) is 0 Å². The van der Waals surface area contributed by atoms with Crippen molar-refractivity contribution >= 4 is 0 Å². The number of hydrogen-bond donors (Lipinski definition) is 1. The summed E-state index contributed by atoms with van der Waals surface area (Å²) in [6.45, 7) is 7.57. The van der Waals surface area contributed by atoms with Gasteiger partial charge in [0.05, 0.1) is 7.11 Å². The summed E-state index contributed by atoms with van der Waals surface area (Å²) in [4.78, 5) is 4.69. The first-order chi connectivity index (χ1) is 4.06. The van der Waals surface area contributed by atoms with Crippen LogP contribution in [0.4, 0.5) is 0 Å². The molecule has 0 aromatic heterocycles. The summed E-state index contributed by atoms with van der Waals surface area (Å²) < 4.78 is 0. The van der Waals surface area contributed by atoms with Crippen molar-refractivity contribution in [2.45, 2.75) is 27.2 Å². The van der Waals surface area contributed by atoms with Crippen LogP contribution in [0.2, 0.25) is 0 Å². The highest BCUT2D eigenvalue weighted by atomic mass is 16.6. The summed E-state index contributed by atoms with van der Waals surface area (Å²) in [7, 11) is 1.64. The van der Waals surface area contributed by atoms with Crippen molar-refractivity contribution in [3.63, 3.8) is 0 Å². The van der Waals surface area contributed by atoms with Crippen LogP contribution in [0, 0.1) is 5.41 Å². The zero-order valence-electron chi connectivity index (χ0n) is 6.82. The molecule has 0 rings (SSSR count). The van der Waals surface area contributed by atoms with E-state index in [0.29, 0.717) is 5.41 Å². The molecule has 0 aromatic rings. The van der Waals surface area contributed by atoms with E-state index in [2.05, 4.69) is 31.1 Å². The van der Waals surface area contributed by atoms with Gasteiger partial charge in [-0.2, -0.15) is 0 Å². The lowest BCUT2D eigenvalue weighted by molar-refractivity contribution is 0.0834. The Morgan fingerprint density at radius 2 is 1.89 bits per heavy atom. The minimum atomic E-state index is 0.408. The van der Waals surface area contributed by atoms with E-state index in [1.165, 1.54) is 0 Å². The van der Waals surface area contributed by atoms with Crippen LogP contribution in [0.15, 0.2) is 0 Å². The average Bonchev–Trinajstić information content (AvgIpc) is 1.63. The quantitative estimate of drug-likeness (QED) is 0.463. The lowest BCUT2D eigenvalue weighted by atomic mass is 9.93. The van der Waals surface area contributed by atoms with E-state index in [1.807, 2.05) is 0 Å². The van der Waals surface area contributed by atoms with Crippen LogP contribution in [0.5, 0.6) is 0 Å². The Labute approximate surface area is 57.5 Å². The molecule has 0 spiro atoms. The van der Waals surface area contributed by atoms with Crippen molar-refractivity contribution in [3.05, 3.63) is 0 Å². The van der Waals surface area contributed by atoms with Gasteiger partial charge in [-0.25, -0.2) is 5.48 Å². The lowest BCUT2D eigenvalue weighted by Crippen LogP contribution is -2.19. The van der Waals surface area contributed by atoms with Crippen LogP contribution in [0.25, 0.3) is 0 Å². The molecule has 2 heteroatoms. The molecular weight excluding hydrogens is 114 g/mol. The molecule has 0 unspecified atom stereocenters. The second-order valence-electron chi connectivity index (χ2n) is 3.41. The number of nitrogens with one attached hydrogen (secondary N) is 1. The van der Waals surface area contributed by atoms with Gasteiger partial charge in [0.25, 0.3) is 0 Å². The zero-order valence-corrected chi connectivity index (χ0v) is 6.82. The maximum absolute atomic E-state index is 4.69. The normalized spacial score (nSPS) is 12.0. The Morgan fingerprint density at radius 1 is 1.33 bits per heavy atom. The van der Waals surface area contributed by atoms with Gasteiger partial charge in [-0.3, -0.25) is 0 Å². The monoisotopic (exact) mass is 131 g/mol. The molecule has 0 atom stereocenters. The third-order valence-corrected chi connectivity index (χ3v) is 1.12. The summed E-state index contributed by atoms with van der Waals surface area (Å²) in [6, 6.07) is 0. The van der Waals surface area contributed by atoms with Gasteiger partial charge in [-0.05, 0) is 11.8 Å². The van der Waals surface area contributed by atoms with Crippen molar-refractivity contribution in [1.82, 2.24) is 5.48 Å². The zero-order chi connectivity index (χ0) is 7.33. The molecule has 0 bridgehead atoms. The van der Waals surface area contributed by atoms with Crippen molar-refractivity contribution in [2.24, 2.45) is 5.41 Å². The van der Waals surface area contributed by atoms with Crippen LogP contribution < -0.4 is 5.48 Å². The van der Waals surface area contributed by atoms with Crippen LogP contribution in [0.3, 0.4) is 0 Å². The molecule has 2 nitrogen and oxygen atoms in total. The van der Waals surface area contributed by atoms with Crippen LogP contribution in [-0.4, -0.2) is 13.7 Å². The summed E-state index contributed by atoms with van der Waals surface area (Å²) >= 11 is 0. The van der Waals surface area contributed by atoms with E-state index in [-0.39, 0.29) is 0 Å². The van der Waals surface area contributed by atoms with Crippen LogP contribution in [0.1, 0.15) is 27.2 Å². The molecule has 9 heavy (non-hydrogen) atoms. The average molecular weight is 131 g/mol. The van der Waals surface area contributed by atoms with E-state index in [4.69, 9.17) is 0 Å². The van der Waals surface area contributed by atoms with E-state index in [9.17, 15) is 0 Å². The third kappa shape index (κ3) is 7.92. The smallest absolute Gasteiger partial charge is 0.0572 e. The molecule has 0 amide bonds. The van der Waals surface area contributed by atoms with Gasteiger partial charge in [-0.15, -0.1) is 0 Å². The molecule has 0 fully saturated rings. The number of rotatable bonds is 3. The first-order valence-corrected chi connectivity index (χ1v) is 3.32. The van der Waals surface area contributed by atoms with Gasteiger partial charge >= 0.3 is 0 Å². The molecule has 0 saturated heterocycles. The largest absolute Gasteiger partial charge is 0.305 e. The second-order valence-corrected chi connectivity index (χ2v) is 3.41. The summed E-state index contributed by atoms with van der Waals surface area (Å²) in [5.74, 6) is 0. The SMILES string of the molecule is CONCCC(C)(C)C. The number of hydroxylamine groups is 1. The van der Waals surface area contributed by atoms with E-state index < -0.39 is 0 Å². The first-order valence-electron chi connectivity index (χ1n) is 3.32. The molecule has 0 heterocycles. The molecule has 0 aliphatic carbocycles. The summed E-state index contributed by atoms with van der Waals surface area (Å²) in [5, 5.41) is 0. The van der Waals surface area contributed by atoms with Crippen LogP contribution >= 0.6 is 0 Å². The predicted molar refractivity (Wildman–Crippen MR) is 39.1 cm³/mol. The third-order valence-electron chi connectivity index (χ3n) is 1.12. The highest BCUT2D eigenvalue weighted by molar-refractivity contribution is 4.60. The standard InChI is InChI=1S/C7H17NO/c1-7(2,3)5-6-8-9-4/h8H,5-6H2,1-4H3. The molecule has 0 aliphatic heterocycles. The van der Waals surface area contributed by atoms with E-state index in [0.717, 1.165) is 13.0 Å². The fourth-order valence-corrected chi connectivity index (χ4v) is 0.528. The van der Waals surface area contributed by atoms with Gasteiger partial charge in [0, 0.05) is 6.54 Å². The molecule has 56 valence electrons. The fraction of sp³-hybridized carbons (Fsp3) is 1.00. The highest BCUT2D eigenvalue weighted by Gasteiger charge is 2.07. The molecule has 1 N–H and O–H groups in total. The minimum absolute atomic E-state index is 0.408. The summed E-state index contributed by atoms with van der Waals surface area (Å²) in [5.41, 5.74) is 3.21. The molecule has 0 saturated carbocycles. The van der Waals surface area contributed by atoms with Crippen molar-refractivity contribution in [3.8, 4) is 0 Å². The lowest BCUT2D eigenvalue weighted by Gasteiger charge is -2.17. The highest BCUT2D eigenvalue weighted by Crippen LogP contribution is 2.16. The fourth-order valence-electron chi connectivity index (χ4n) is 0.528. The Hall–Kier alpha value is -0.0800. The maximum atomic E-state index is 4.69. The molecule has 0 radical (unpaired) electrons. The molecule has 0 aromatic carbocycles. The van der Waals surface area contributed by atoms with Gasteiger partial charge in [0.2, 0.25) is 0 Å². The van der Waals surface area contributed by atoms with E-state index in [1.54, 1.807) is 7.11 Å². The van der Waals surface area contributed by atoms with E-state index >= 15 is 0 Å². The van der Waals surface area contributed by atoms with Crippen LogP contribution in [-0.2, 0) is 4.84 Å². The maximum Gasteiger partial charge on any atom is 0.0572 e. The minimum Gasteiger partial charge on any atom is -0.305 e. The Morgan fingerprint density at radius 3 is 2.22 bits per heavy atom. The summed E-state index contributed by atoms with van der Waals surface area (Å²) in [6.07, 6.45) is 1.14. The Bertz CT molecular complexity index is 65.8. The Kier molecular flexibility index (Phi) is 3.82. The predicted octanol–water partition coefficient (Wildman–Crippen LogP) is 1.57. The first kappa shape index (κ1) is 8.92. The van der Waals surface area contributed by atoms with Crippen molar-refractivity contribution < 1.29 is 4.84 Å². The van der Waals surface area contributed by atoms with Gasteiger partial charge in [0.15, 0.2) is 0 Å². The van der Waals surface area contributed by atoms with Crippen molar-refractivity contribution in [2.75, 3.05) is 13.7 Å². The molecular formula is C7H17NO. The van der Waals surface area contributed by atoms with Gasteiger partial charge in [-0.1, -0.05) is 20.8 Å². The van der Waals surface area contributed by atoms with Gasteiger partial charge < -0.3 is 4.84 Å². The second kappa shape index (κ2) is 3.85. The topological polar surface area (TPSA) is 21.3 Å². The molecule has 0 aliphatic rings. The number of hydrogen-bond acceptors (Lipinski definition) is 2. The Balaban J connectivity index is 3.07. The van der Waals surface area contributed by atoms with Gasteiger partial charge in [0.1, 0.15) is 0 Å².